The van der Waals surface area contributed by atoms with E-state index in [1.807, 2.05) is 0 Å². The van der Waals surface area contributed by atoms with Crippen molar-refractivity contribution in [1.29, 1.82) is 0 Å². The highest BCUT2D eigenvalue weighted by molar-refractivity contribution is 7.11. The maximum atomic E-state index is 2.74. The van der Waals surface area contributed by atoms with E-state index in [0.29, 0.717) is 0 Å². The number of hydrogen-bond donors (Lipinski definition) is 0. The minimum absolute atomic E-state index is 0.267. The molecular weight excluding hydrogens is 668 g/mol. The van der Waals surface area contributed by atoms with Gasteiger partial charge in [-0.2, -0.15) is 0 Å². The van der Waals surface area contributed by atoms with Gasteiger partial charge in [-0.1, -0.05) is 213 Å². The van der Waals surface area contributed by atoms with Gasteiger partial charge in [0.1, 0.15) is 0 Å². The van der Waals surface area contributed by atoms with E-state index in [9.17, 15) is 0 Å². The Bertz CT molecular complexity index is 2250. The fourth-order valence-corrected chi connectivity index (χ4v) is 16.6. The Morgan fingerprint density at radius 2 is 0.857 bits per heavy atom. The number of hydrogen-bond acceptors (Lipinski definition) is 0. The molecule has 0 radical (unpaired) electrons. The minimum Gasteiger partial charge on any atom is -0.0701 e. The molecule has 1 heterocycles. The van der Waals surface area contributed by atoms with Crippen LogP contribution in [0, 0.1) is 0 Å². The standard InChI is InChI=1S/C43H57BSi5/c1-45(2,3)31-24-34-41-33-22-21-29-18-16-17-28-19-20-30(40(33)39(28)29)23-35(41)44(42(34)36(25-31)47(7,8)9)43-37(48(10,11)12)26-32(46(4,5)6)27-38(43)49(13,14)15/h16-27H,1-15H3. The van der Waals surface area contributed by atoms with Crippen molar-refractivity contribution in [2.75, 3.05) is 0 Å². The molecule has 6 aromatic rings. The third kappa shape index (κ3) is 5.65. The Labute approximate surface area is 302 Å². The lowest BCUT2D eigenvalue weighted by atomic mass is 9.38. The molecule has 0 bridgehead atoms. The smallest absolute Gasteiger partial charge is 0.0701 e. The van der Waals surface area contributed by atoms with Crippen molar-refractivity contribution < 1.29 is 0 Å². The average molecular weight is 725 g/mol. The topological polar surface area (TPSA) is 0 Å². The van der Waals surface area contributed by atoms with E-state index < -0.39 is 40.4 Å². The van der Waals surface area contributed by atoms with Crippen LogP contribution in [-0.4, -0.2) is 47.1 Å². The fourth-order valence-electron chi connectivity index (χ4n) is 8.68. The van der Waals surface area contributed by atoms with Crippen LogP contribution in [-0.2, 0) is 0 Å². The van der Waals surface area contributed by atoms with Gasteiger partial charge in [0.2, 0.25) is 6.71 Å². The highest BCUT2D eigenvalue weighted by atomic mass is 28.3. The maximum absolute atomic E-state index is 2.74. The molecule has 0 unspecified atom stereocenters. The predicted octanol–water partition coefficient (Wildman–Crippen LogP) is 7.81. The number of benzene rings is 6. The van der Waals surface area contributed by atoms with E-state index in [2.05, 4.69) is 171 Å². The van der Waals surface area contributed by atoms with Gasteiger partial charge in [-0.25, -0.2) is 0 Å². The Balaban J connectivity index is 1.75. The van der Waals surface area contributed by atoms with Crippen LogP contribution in [0.25, 0.3) is 43.4 Å². The summed E-state index contributed by atoms with van der Waals surface area (Å²) in [5.41, 5.74) is 8.00. The van der Waals surface area contributed by atoms with Crippen LogP contribution in [0.5, 0.6) is 0 Å². The van der Waals surface area contributed by atoms with Crippen LogP contribution in [0.3, 0.4) is 0 Å². The molecule has 0 aliphatic carbocycles. The molecule has 49 heavy (non-hydrogen) atoms. The molecule has 6 heteroatoms. The lowest BCUT2D eigenvalue weighted by molar-refractivity contribution is 1.67. The normalized spacial score (nSPS) is 14.4. The second-order valence-electron chi connectivity index (χ2n) is 20.3. The van der Waals surface area contributed by atoms with Gasteiger partial charge in [0.05, 0.1) is 40.4 Å². The zero-order chi connectivity index (χ0) is 35.8. The molecule has 7 rings (SSSR count). The fraction of sp³-hybridized carbons (Fsp3) is 0.349. The van der Waals surface area contributed by atoms with E-state index >= 15 is 0 Å². The average Bonchev–Trinajstić information content (AvgIpc) is 3.30. The first-order chi connectivity index (χ1) is 22.5. The predicted molar refractivity (Wildman–Crippen MR) is 242 cm³/mol. The summed E-state index contributed by atoms with van der Waals surface area (Å²) >= 11 is 0. The molecule has 1 aliphatic heterocycles. The van der Waals surface area contributed by atoms with Gasteiger partial charge in [-0.15, -0.1) is 0 Å². The first kappa shape index (κ1) is 34.9. The first-order valence-electron chi connectivity index (χ1n) is 18.6. The Kier molecular flexibility index (Phi) is 7.85. The van der Waals surface area contributed by atoms with Crippen LogP contribution in [0.15, 0.2) is 72.8 Å². The lowest BCUT2D eigenvalue weighted by Gasteiger charge is -2.35. The second kappa shape index (κ2) is 11.0. The molecule has 0 aromatic heterocycles. The molecule has 0 saturated carbocycles. The van der Waals surface area contributed by atoms with Gasteiger partial charge in [-0.3, -0.25) is 0 Å². The third-order valence-electron chi connectivity index (χ3n) is 11.4. The van der Waals surface area contributed by atoms with Crippen LogP contribution in [0.2, 0.25) is 98.2 Å². The van der Waals surface area contributed by atoms with E-state index in [1.54, 1.807) is 47.9 Å². The molecule has 0 spiro atoms. The largest absolute Gasteiger partial charge is 0.242 e. The number of fused-ring (bicyclic) bond motifs is 4. The minimum atomic E-state index is -1.77. The summed E-state index contributed by atoms with van der Waals surface area (Å²) in [6, 6.07) is 30.1. The van der Waals surface area contributed by atoms with Crippen molar-refractivity contribution in [3.63, 3.8) is 0 Å². The van der Waals surface area contributed by atoms with Crippen molar-refractivity contribution in [3.05, 3.63) is 72.8 Å². The Morgan fingerprint density at radius 1 is 0.408 bits per heavy atom. The molecule has 0 nitrogen and oxygen atoms in total. The maximum Gasteiger partial charge on any atom is 0.242 e. The lowest BCUT2D eigenvalue weighted by Crippen LogP contribution is -2.72. The van der Waals surface area contributed by atoms with Crippen molar-refractivity contribution in [2.45, 2.75) is 98.2 Å². The summed E-state index contributed by atoms with van der Waals surface area (Å²) in [7, 11) is -8.46. The van der Waals surface area contributed by atoms with E-state index in [-0.39, 0.29) is 6.71 Å². The molecule has 252 valence electrons. The summed E-state index contributed by atoms with van der Waals surface area (Å²) in [4.78, 5) is 0. The van der Waals surface area contributed by atoms with Gasteiger partial charge >= 0.3 is 0 Å². The molecule has 0 saturated heterocycles. The third-order valence-corrected chi connectivity index (χ3v) is 21.5. The Morgan fingerprint density at radius 3 is 1.35 bits per heavy atom. The molecule has 0 N–H and O–H groups in total. The van der Waals surface area contributed by atoms with E-state index in [0.717, 1.165) is 0 Å². The summed E-state index contributed by atoms with van der Waals surface area (Å²) in [6.07, 6.45) is 0. The van der Waals surface area contributed by atoms with Gasteiger partial charge in [-0.05, 0) is 43.4 Å². The van der Waals surface area contributed by atoms with Crippen molar-refractivity contribution in [1.82, 2.24) is 0 Å². The van der Waals surface area contributed by atoms with E-state index in [4.69, 9.17) is 0 Å². The molecule has 0 fully saturated rings. The van der Waals surface area contributed by atoms with Crippen molar-refractivity contribution in [2.24, 2.45) is 0 Å². The first-order valence-corrected chi connectivity index (χ1v) is 36.1. The van der Waals surface area contributed by atoms with Crippen LogP contribution >= 0.6 is 0 Å². The Hall–Kier alpha value is -2.49. The monoisotopic (exact) mass is 724 g/mol. The SMILES string of the molecule is C[Si](C)(C)c1cc2c(c([Si](C)(C)C)c1)B(c1c([Si](C)(C)C)cc([Si](C)(C)C)cc1[Si](C)(C)C)c1cc3ccc4cccc5ccc(c1-2)c3c45. The molecular formula is C43H57BSi5. The quantitative estimate of drug-likeness (QED) is 0.121. The molecule has 6 aromatic carbocycles. The molecule has 0 amide bonds. The van der Waals surface area contributed by atoms with Gasteiger partial charge in [0.15, 0.2) is 0 Å². The van der Waals surface area contributed by atoms with Crippen molar-refractivity contribution in [3.8, 4) is 11.1 Å². The molecule has 0 atom stereocenters. The van der Waals surface area contributed by atoms with Gasteiger partial charge in [0.25, 0.3) is 0 Å². The summed E-state index contributed by atoms with van der Waals surface area (Å²) in [5.74, 6) is 0. The number of rotatable bonds is 6. The van der Waals surface area contributed by atoms with E-state index in [1.165, 1.54) is 37.9 Å². The van der Waals surface area contributed by atoms with Gasteiger partial charge < -0.3 is 0 Å². The summed E-state index contributed by atoms with van der Waals surface area (Å²) in [6.45, 7) is 39.0. The van der Waals surface area contributed by atoms with Crippen molar-refractivity contribution >= 4 is 122 Å². The summed E-state index contributed by atoms with van der Waals surface area (Å²) in [5, 5.41) is 16.9. The van der Waals surface area contributed by atoms with Crippen LogP contribution < -0.4 is 42.3 Å². The highest BCUT2D eigenvalue weighted by Gasteiger charge is 2.45. The second-order valence-corrected chi connectivity index (χ2v) is 45.6. The summed E-state index contributed by atoms with van der Waals surface area (Å²) < 4.78 is 0. The van der Waals surface area contributed by atoms with Gasteiger partial charge in [0, 0.05) is 0 Å². The zero-order valence-corrected chi connectivity index (χ0v) is 38.0. The highest BCUT2D eigenvalue weighted by Crippen LogP contribution is 2.40. The van der Waals surface area contributed by atoms with Crippen LogP contribution in [0.1, 0.15) is 0 Å². The molecule has 1 aliphatic rings. The van der Waals surface area contributed by atoms with Crippen LogP contribution in [0.4, 0.5) is 0 Å². The zero-order valence-electron chi connectivity index (χ0n) is 33.0.